The van der Waals surface area contributed by atoms with Crippen LogP contribution in [0.2, 0.25) is 0 Å². The maximum absolute atomic E-state index is 11.6. The van der Waals surface area contributed by atoms with Gasteiger partial charge in [-0.25, -0.2) is 0 Å². The number of nitrogens with two attached hydrogens (primary N) is 1. The number of rotatable bonds is 4. The minimum absolute atomic E-state index is 0.0682. The molecule has 0 aromatic heterocycles. The smallest absolute Gasteiger partial charge is 0.326 e. The molecule has 3 N–H and O–H groups in total. The molecule has 0 fully saturated rings. The minimum Gasteiger partial charge on any atom is -0.458 e. The Kier molecular flexibility index (Phi) is 4.95. The van der Waals surface area contributed by atoms with Crippen molar-refractivity contribution in [1.29, 1.82) is 0 Å². The molecule has 0 spiro atoms. The molecule has 96 valence electrons. The fourth-order valence-electron chi connectivity index (χ4n) is 1.85. The molecule has 0 aliphatic heterocycles. The Balaban J connectivity index is 4.42. The third kappa shape index (κ3) is 6.08. The molecule has 0 aromatic rings. The molecule has 4 nitrogen and oxygen atoms in total. The molecule has 4 heteroatoms. The summed E-state index contributed by atoms with van der Waals surface area (Å²) in [5.41, 5.74) is 5.01. The van der Waals surface area contributed by atoms with E-state index in [-0.39, 0.29) is 5.41 Å². The Bertz CT molecular complexity index is 241. The van der Waals surface area contributed by atoms with Gasteiger partial charge in [0.15, 0.2) is 0 Å². The van der Waals surface area contributed by atoms with E-state index in [4.69, 9.17) is 10.5 Å². The van der Waals surface area contributed by atoms with Crippen molar-refractivity contribution in [2.24, 2.45) is 11.1 Å². The summed E-state index contributed by atoms with van der Waals surface area (Å²) in [5.74, 6) is -0.552. The molecule has 0 rings (SSSR count). The van der Waals surface area contributed by atoms with E-state index in [1.54, 1.807) is 0 Å². The quantitative estimate of drug-likeness (QED) is 0.718. The van der Waals surface area contributed by atoms with Crippen molar-refractivity contribution in [3.8, 4) is 0 Å². The molecule has 0 heterocycles. The second-order valence-corrected chi connectivity index (χ2v) is 6.18. The van der Waals surface area contributed by atoms with E-state index in [9.17, 15) is 9.90 Å². The number of hydrogen-bond acceptors (Lipinski definition) is 4. The van der Waals surface area contributed by atoms with Gasteiger partial charge < -0.3 is 15.6 Å². The Labute approximate surface area is 98.2 Å². The van der Waals surface area contributed by atoms with E-state index >= 15 is 0 Å². The van der Waals surface area contributed by atoms with Gasteiger partial charge in [-0.3, -0.25) is 4.79 Å². The standard InChI is InChI=1S/C12H25NO3/c1-8(14)9(13)10(15)16-12(5,6)7-11(2,3)4/h8-9,14H,7,13H2,1-6H3/t8-,9+/m1/s1. The van der Waals surface area contributed by atoms with Crippen LogP contribution in [0.5, 0.6) is 0 Å². The lowest BCUT2D eigenvalue weighted by Gasteiger charge is -2.33. The van der Waals surface area contributed by atoms with Crippen molar-refractivity contribution in [3.63, 3.8) is 0 Å². The predicted octanol–water partition coefficient (Wildman–Crippen LogP) is 1.45. The van der Waals surface area contributed by atoms with Gasteiger partial charge in [0.05, 0.1) is 6.10 Å². The number of ether oxygens (including phenoxy) is 1. The summed E-state index contributed by atoms with van der Waals surface area (Å²) < 4.78 is 5.31. The predicted molar refractivity (Wildman–Crippen MR) is 63.9 cm³/mol. The number of aliphatic hydroxyl groups excluding tert-OH is 1. The third-order valence-electron chi connectivity index (χ3n) is 2.12. The summed E-state index contributed by atoms with van der Waals surface area (Å²) in [5, 5.41) is 9.19. The summed E-state index contributed by atoms with van der Waals surface area (Å²) in [6.07, 6.45) is -0.156. The van der Waals surface area contributed by atoms with Gasteiger partial charge in [0.25, 0.3) is 0 Å². The highest BCUT2D eigenvalue weighted by Gasteiger charge is 2.32. The molecule has 0 amide bonds. The first kappa shape index (κ1) is 15.4. The molecule has 0 bridgehead atoms. The van der Waals surface area contributed by atoms with Crippen LogP contribution in [-0.4, -0.2) is 28.8 Å². The highest BCUT2D eigenvalue weighted by molar-refractivity contribution is 5.76. The van der Waals surface area contributed by atoms with E-state index in [1.807, 2.05) is 13.8 Å². The molecule has 2 atom stereocenters. The van der Waals surface area contributed by atoms with Crippen molar-refractivity contribution in [2.45, 2.75) is 65.7 Å². The summed E-state index contributed by atoms with van der Waals surface area (Å²) >= 11 is 0. The molecule has 0 aliphatic carbocycles. The molecule has 0 aromatic carbocycles. The Morgan fingerprint density at radius 2 is 1.75 bits per heavy atom. The lowest BCUT2D eigenvalue weighted by molar-refractivity contribution is -0.162. The first-order chi connectivity index (χ1) is 6.94. The van der Waals surface area contributed by atoms with Gasteiger partial charge in [-0.2, -0.15) is 0 Å². The fourth-order valence-corrected chi connectivity index (χ4v) is 1.85. The number of hydrogen-bond donors (Lipinski definition) is 2. The van der Waals surface area contributed by atoms with Gasteiger partial charge in [-0.15, -0.1) is 0 Å². The van der Waals surface area contributed by atoms with Gasteiger partial charge >= 0.3 is 5.97 Å². The highest BCUT2D eigenvalue weighted by Crippen LogP contribution is 2.29. The maximum atomic E-state index is 11.6. The largest absolute Gasteiger partial charge is 0.458 e. The van der Waals surface area contributed by atoms with E-state index in [1.165, 1.54) is 6.92 Å². The van der Waals surface area contributed by atoms with Crippen LogP contribution in [0.1, 0.15) is 48.0 Å². The maximum Gasteiger partial charge on any atom is 0.326 e. The summed E-state index contributed by atoms with van der Waals surface area (Å²) in [4.78, 5) is 11.6. The number of aliphatic hydroxyl groups is 1. The Morgan fingerprint density at radius 3 is 2.06 bits per heavy atom. The van der Waals surface area contributed by atoms with Crippen LogP contribution in [-0.2, 0) is 9.53 Å². The van der Waals surface area contributed by atoms with E-state index < -0.39 is 23.7 Å². The summed E-state index contributed by atoms with van der Waals surface area (Å²) in [6.45, 7) is 11.4. The minimum atomic E-state index is -0.973. The van der Waals surface area contributed by atoms with E-state index in [0.29, 0.717) is 0 Å². The van der Waals surface area contributed by atoms with Crippen molar-refractivity contribution < 1.29 is 14.6 Å². The molecular weight excluding hydrogens is 206 g/mol. The fraction of sp³-hybridized carbons (Fsp3) is 0.917. The number of carbonyl (C=O) groups excluding carboxylic acids is 1. The first-order valence-corrected chi connectivity index (χ1v) is 5.61. The first-order valence-electron chi connectivity index (χ1n) is 5.61. The van der Waals surface area contributed by atoms with Gasteiger partial charge in [0.1, 0.15) is 11.6 Å². The van der Waals surface area contributed by atoms with Crippen molar-refractivity contribution in [1.82, 2.24) is 0 Å². The zero-order valence-electron chi connectivity index (χ0n) is 11.2. The SMILES string of the molecule is C[C@@H](O)[C@H](N)C(=O)OC(C)(C)CC(C)(C)C. The zero-order valence-corrected chi connectivity index (χ0v) is 11.2. The van der Waals surface area contributed by atoms with E-state index in [0.717, 1.165) is 6.42 Å². The lowest BCUT2D eigenvalue weighted by atomic mass is 9.83. The molecule has 0 unspecified atom stereocenters. The van der Waals surface area contributed by atoms with Crippen molar-refractivity contribution >= 4 is 5.97 Å². The number of esters is 1. The van der Waals surface area contributed by atoms with Crippen LogP contribution in [0.4, 0.5) is 0 Å². The van der Waals surface area contributed by atoms with Crippen LogP contribution in [0.3, 0.4) is 0 Å². The second kappa shape index (κ2) is 5.15. The van der Waals surface area contributed by atoms with Gasteiger partial charge in [0.2, 0.25) is 0 Å². The molecule has 0 saturated carbocycles. The van der Waals surface area contributed by atoms with Crippen LogP contribution in [0.25, 0.3) is 0 Å². The van der Waals surface area contributed by atoms with Gasteiger partial charge in [0, 0.05) is 0 Å². The third-order valence-corrected chi connectivity index (χ3v) is 2.12. The number of carbonyl (C=O) groups is 1. The van der Waals surface area contributed by atoms with Crippen LogP contribution < -0.4 is 5.73 Å². The van der Waals surface area contributed by atoms with Crippen LogP contribution >= 0.6 is 0 Å². The van der Waals surface area contributed by atoms with Gasteiger partial charge in [-0.1, -0.05) is 20.8 Å². The van der Waals surface area contributed by atoms with Crippen molar-refractivity contribution in [2.75, 3.05) is 0 Å². The van der Waals surface area contributed by atoms with Crippen LogP contribution in [0.15, 0.2) is 0 Å². The lowest BCUT2D eigenvalue weighted by Crippen LogP contribution is -2.45. The van der Waals surface area contributed by atoms with Crippen LogP contribution in [0, 0.1) is 5.41 Å². The monoisotopic (exact) mass is 231 g/mol. The molecule has 16 heavy (non-hydrogen) atoms. The average Bonchev–Trinajstić information content (AvgIpc) is 1.96. The highest BCUT2D eigenvalue weighted by atomic mass is 16.6. The second-order valence-electron chi connectivity index (χ2n) is 6.18. The summed E-state index contributed by atoms with van der Waals surface area (Å²) in [6, 6.07) is -0.973. The van der Waals surface area contributed by atoms with Crippen molar-refractivity contribution in [3.05, 3.63) is 0 Å². The Morgan fingerprint density at radius 1 is 1.31 bits per heavy atom. The van der Waals surface area contributed by atoms with Gasteiger partial charge in [-0.05, 0) is 32.6 Å². The summed E-state index contributed by atoms with van der Waals surface area (Å²) in [7, 11) is 0. The van der Waals surface area contributed by atoms with E-state index in [2.05, 4.69) is 20.8 Å². The molecule has 0 saturated heterocycles. The topological polar surface area (TPSA) is 72.5 Å². The average molecular weight is 231 g/mol. The zero-order chi connectivity index (χ0) is 13.1. The molecule has 0 radical (unpaired) electrons. The molecular formula is C12H25NO3. The molecule has 0 aliphatic rings. The Hall–Kier alpha value is -0.610. The normalized spacial score (nSPS) is 16.8.